The van der Waals surface area contributed by atoms with Crippen molar-refractivity contribution in [3.8, 4) is 5.75 Å². The maximum absolute atomic E-state index is 11.4. The van der Waals surface area contributed by atoms with E-state index < -0.39 is 6.29 Å². The lowest BCUT2D eigenvalue weighted by atomic mass is 10.1. The van der Waals surface area contributed by atoms with Crippen LogP contribution in [0.2, 0.25) is 5.02 Å². The summed E-state index contributed by atoms with van der Waals surface area (Å²) < 4.78 is 5.22. The van der Waals surface area contributed by atoms with E-state index in [1.165, 1.54) is 0 Å². The van der Waals surface area contributed by atoms with Crippen molar-refractivity contribution in [3.05, 3.63) is 23.2 Å². The van der Waals surface area contributed by atoms with Gasteiger partial charge in [0.15, 0.2) is 0 Å². The summed E-state index contributed by atoms with van der Waals surface area (Å²) >= 11 is 9.93. The van der Waals surface area contributed by atoms with Gasteiger partial charge in [0, 0.05) is 15.8 Å². The smallest absolute Gasteiger partial charge is 0.204 e. The maximum Gasteiger partial charge on any atom is 0.204 e. The molecule has 1 aromatic carbocycles. The first kappa shape index (κ1) is 14.4. The molecule has 0 aliphatic rings. The van der Waals surface area contributed by atoms with Crippen molar-refractivity contribution >= 4 is 30.0 Å². The van der Waals surface area contributed by atoms with Gasteiger partial charge in [-0.3, -0.25) is 4.79 Å². The third-order valence-electron chi connectivity index (χ3n) is 2.20. The number of aliphatic hydroxyl groups is 1. The van der Waals surface area contributed by atoms with Crippen LogP contribution in [0.1, 0.15) is 20.3 Å². The van der Waals surface area contributed by atoms with Crippen molar-refractivity contribution in [2.24, 2.45) is 5.92 Å². The summed E-state index contributed by atoms with van der Waals surface area (Å²) in [7, 11) is 0. The number of benzene rings is 1. The topological polar surface area (TPSA) is 46.5 Å². The minimum Gasteiger partial charge on any atom is -0.464 e. The molecule has 0 saturated heterocycles. The minimum absolute atomic E-state index is 0.0342. The van der Waals surface area contributed by atoms with Gasteiger partial charge in [-0.2, -0.15) is 0 Å². The molecule has 5 heteroatoms. The number of rotatable bonds is 5. The number of hydrogen-bond donors (Lipinski definition) is 2. The van der Waals surface area contributed by atoms with Gasteiger partial charge in [-0.05, 0) is 18.2 Å². The Bertz CT molecular complexity index is 407. The summed E-state index contributed by atoms with van der Waals surface area (Å²) in [6.45, 7) is 3.56. The predicted molar refractivity (Wildman–Crippen MR) is 69.8 cm³/mol. The highest BCUT2D eigenvalue weighted by atomic mass is 35.5. The highest BCUT2D eigenvalue weighted by Gasteiger charge is 2.16. The SMILES string of the molecule is CC(C)C(=O)CC(O)Oc1ccc(Cl)cc1S. The van der Waals surface area contributed by atoms with E-state index in [1.54, 1.807) is 32.0 Å². The van der Waals surface area contributed by atoms with Crippen LogP contribution in [0, 0.1) is 5.92 Å². The number of carbonyl (C=O) groups excluding carboxylic acids is 1. The Labute approximate surface area is 111 Å². The molecule has 0 aromatic heterocycles. The maximum atomic E-state index is 11.4. The molecule has 0 spiro atoms. The van der Waals surface area contributed by atoms with Gasteiger partial charge in [0.25, 0.3) is 0 Å². The minimum atomic E-state index is -1.16. The van der Waals surface area contributed by atoms with Gasteiger partial charge in [-0.1, -0.05) is 25.4 Å². The molecule has 0 aliphatic heterocycles. The molecule has 1 aromatic rings. The van der Waals surface area contributed by atoms with Crippen LogP contribution >= 0.6 is 24.2 Å². The van der Waals surface area contributed by atoms with E-state index in [0.717, 1.165) is 0 Å². The highest BCUT2D eigenvalue weighted by Crippen LogP contribution is 2.27. The van der Waals surface area contributed by atoms with Gasteiger partial charge >= 0.3 is 0 Å². The molecule has 1 N–H and O–H groups in total. The van der Waals surface area contributed by atoms with Crippen LogP contribution < -0.4 is 4.74 Å². The summed E-state index contributed by atoms with van der Waals surface area (Å²) in [6, 6.07) is 4.85. The number of halogens is 1. The molecule has 1 rings (SSSR count). The first-order chi connectivity index (χ1) is 7.90. The number of carbonyl (C=O) groups is 1. The summed E-state index contributed by atoms with van der Waals surface area (Å²) in [6.07, 6.45) is -1.19. The fourth-order valence-corrected chi connectivity index (χ4v) is 1.70. The van der Waals surface area contributed by atoms with Crippen LogP contribution in [0.25, 0.3) is 0 Å². The normalized spacial score (nSPS) is 12.6. The first-order valence-electron chi connectivity index (χ1n) is 5.26. The number of Topliss-reactive ketones (excluding diaryl/α,β-unsaturated/α-hetero) is 1. The molecular weight excluding hydrogens is 260 g/mol. The zero-order valence-electron chi connectivity index (χ0n) is 9.68. The van der Waals surface area contributed by atoms with Crippen molar-refractivity contribution in [3.63, 3.8) is 0 Å². The fourth-order valence-electron chi connectivity index (χ4n) is 1.19. The number of hydrogen-bond acceptors (Lipinski definition) is 4. The number of aliphatic hydroxyl groups excluding tert-OH is 1. The zero-order valence-corrected chi connectivity index (χ0v) is 11.3. The zero-order chi connectivity index (χ0) is 13.0. The molecule has 0 saturated carbocycles. The van der Waals surface area contributed by atoms with Crippen molar-refractivity contribution in [1.29, 1.82) is 0 Å². The van der Waals surface area contributed by atoms with Gasteiger partial charge in [-0.15, -0.1) is 12.6 Å². The third kappa shape index (κ3) is 4.58. The summed E-state index contributed by atoms with van der Waals surface area (Å²) in [5.74, 6) is 0.239. The summed E-state index contributed by atoms with van der Waals surface area (Å²) in [5.41, 5.74) is 0. The second kappa shape index (κ2) is 6.28. The number of ketones is 1. The van der Waals surface area contributed by atoms with E-state index in [1.807, 2.05) is 0 Å². The van der Waals surface area contributed by atoms with Crippen LogP contribution in [-0.4, -0.2) is 17.2 Å². The Morgan fingerprint density at radius 1 is 1.53 bits per heavy atom. The molecule has 1 atom stereocenters. The van der Waals surface area contributed by atoms with Crippen LogP contribution in [-0.2, 0) is 4.79 Å². The van der Waals surface area contributed by atoms with Crippen molar-refractivity contribution in [2.45, 2.75) is 31.5 Å². The quantitative estimate of drug-likeness (QED) is 0.641. The third-order valence-corrected chi connectivity index (χ3v) is 2.79. The van der Waals surface area contributed by atoms with Crippen molar-refractivity contribution < 1.29 is 14.6 Å². The van der Waals surface area contributed by atoms with Crippen LogP contribution in [0.4, 0.5) is 0 Å². The lowest BCUT2D eigenvalue weighted by Gasteiger charge is -2.15. The molecule has 94 valence electrons. The molecule has 0 bridgehead atoms. The lowest BCUT2D eigenvalue weighted by Crippen LogP contribution is -2.22. The largest absolute Gasteiger partial charge is 0.464 e. The fraction of sp³-hybridized carbons (Fsp3) is 0.417. The summed E-state index contributed by atoms with van der Waals surface area (Å²) in [4.78, 5) is 11.9. The molecule has 3 nitrogen and oxygen atoms in total. The molecular formula is C12H15ClO3S. The first-order valence-corrected chi connectivity index (χ1v) is 6.08. The van der Waals surface area contributed by atoms with E-state index in [-0.39, 0.29) is 18.1 Å². The van der Waals surface area contributed by atoms with Crippen molar-refractivity contribution in [1.82, 2.24) is 0 Å². The average molecular weight is 275 g/mol. The Balaban J connectivity index is 2.62. The summed E-state index contributed by atoms with van der Waals surface area (Å²) in [5, 5.41) is 10.1. The Morgan fingerprint density at radius 2 is 2.18 bits per heavy atom. The van der Waals surface area contributed by atoms with Gasteiger partial charge < -0.3 is 9.84 Å². The molecule has 17 heavy (non-hydrogen) atoms. The Kier molecular flexibility index (Phi) is 5.31. The lowest BCUT2D eigenvalue weighted by molar-refractivity contribution is -0.128. The number of ether oxygens (including phenoxy) is 1. The Hall–Kier alpha value is -0.710. The monoisotopic (exact) mass is 274 g/mol. The van der Waals surface area contributed by atoms with E-state index in [9.17, 15) is 9.90 Å². The van der Waals surface area contributed by atoms with E-state index in [4.69, 9.17) is 16.3 Å². The van der Waals surface area contributed by atoms with E-state index >= 15 is 0 Å². The number of thiol groups is 1. The van der Waals surface area contributed by atoms with Crippen LogP contribution in [0.15, 0.2) is 23.1 Å². The van der Waals surface area contributed by atoms with Gasteiger partial charge in [0.1, 0.15) is 11.5 Å². The van der Waals surface area contributed by atoms with Gasteiger partial charge in [-0.25, -0.2) is 0 Å². The van der Waals surface area contributed by atoms with Gasteiger partial charge in [0.05, 0.1) is 6.42 Å². The standard InChI is InChI=1S/C12H15ClO3S/c1-7(2)9(14)6-12(15)16-10-4-3-8(13)5-11(10)17/h3-5,7,12,15,17H,6H2,1-2H3. The van der Waals surface area contributed by atoms with Gasteiger partial charge in [0.2, 0.25) is 6.29 Å². The second-order valence-corrected chi connectivity index (χ2v) is 4.93. The molecule has 1 unspecified atom stereocenters. The second-order valence-electron chi connectivity index (χ2n) is 4.01. The highest BCUT2D eigenvalue weighted by molar-refractivity contribution is 7.80. The Morgan fingerprint density at radius 3 is 2.71 bits per heavy atom. The average Bonchev–Trinajstić information content (AvgIpc) is 2.22. The molecule has 0 amide bonds. The molecule has 0 heterocycles. The molecule has 0 radical (unpaired) electrons. The molecule has 0 aliphatic carbocycles. The van der Waals surface area contributed by atoms with E-state index in [2.05, 4.69) is 12.6 Å². The van der Waals surface area contributed by atoms with Crippen LogP contribution in [0.5, 0.6) is 5.75 Å². The molecule has 0 fully saturated rings. The van der Waals surface area contributed by atoms with E-state index in [0.29, 0.717) is 15.7 Å². The van der Waals surface area contributed by atoms with Crippen LogP contribution in [0.3, 0.4) is 0 Å². The predicted octanol–water partition coefficient (Wildman–Crippen LogP) is 2.94. The van der Waals surface area contributed by atoms with Crippen molar-refractivity contribution in [2.75, 3.05) is 0 Å².